The average Bonchev–Trinajstić information content (AvgIpc) is 2.78. The van der Waals surface area contributed by atoms with Crippen LogP contribution >= 0.6 is 0 Å². The van der Waals surface area contributed by atoms with E-state index in [1.165, 1.54) is 11.1 Å². The van der Waals surface area contributed by atoms with Crippen LogP contribution in [0.15, 0.2) is 29.3 Å². The van der Waals surface area contributed by atoms with Crippen molar-refractivity contribution in [3.63, 3.8) is 0 Å². The smallest absolute Gasteiger partial charge is 0.220 e. The number of hydrogen-bond acceptors (Lipinski definition) is 4. The van der Waals surface area contributed by atoms with Crippen molar-refractivity contribution in [1.82, 2.24) is 25.3 Å². The first-order valence-electron chi connectivity index (χ1n) is 11.2. The molecule has 166 valence electrons. The number of benzene rings is 1. The fourth-order valence-corrected chi connectivity index (χ4v) is 4.25. The Labute approximate surface area is 181 Å². The van der Waals surface area contributed by atoms with Crippen LogP contribution in [0.3, 0.4) is 0 Å². The Morgan fingerprint density at radius 3 is 2.27 bits per heavy atom. The molecule has 0 atom stereocenters. The van der Waals surface area contributed by atoms with Gasteiger partial charge in [0.1, 0.15) is 0 Å². The van der Waals surface area contributed by atoms with E-state index in [0.29, 0.717) is 12.3 Å². The van der Waals surface area contributed by atoms with E-state index in [9.17, 15) is 4.79 Å². The summed E-state index contributed by atoms with van der Waals surface area (Å²) in [7, 11) is 5.75. The van der Waals surface area contributed by atoms with E-state index in [4.69, 9.17) is 0 Å². The van der Waals surface area contributed by atoms with Gasteiger partial charge in [0.2, 0.25) is 5.91 Å². The molecule has 3 rings (SSSR count). The molecule has 30 heavy (non-hydrogen) atoms. The van der Waals surface area contributed by atoms with E-state index < -0.39 is 0 Å². The quantitative estimate of drug-likeness (QED) is 0.544. The van der Waals surface area contributed by atoms with Gasteiger partial charge in [-0.1, -0.05) is 24.3 Å². The van der Waals surface area contributed by atoms with E-state index in [-0.39, 0.29) is 5.91 Å². The summed E-state index contributed by atoms with van der Waals surface area (Å²) in [5.41, 5.74) is 2.65. The number of carbonyl (C=O) groups excluding carboxylic acids is 1. The molecule has 1 amide bonds. The summed E-state index contributed by atoms with van der Waals surface area (Å²) in [6.07, 6.45) is 2.71. The lowest BCUT2D eigenvalue weighted by molar-refractivity contribution is -0.121. The molecule has 0 aliphatic carbocycles. The third-order valence-electron chi connectivity index (χ3n) is 6.35. The van der Waals surface area contributed by atoms with E-state index >= 15 is 0 Å². The maximum absolute atomic E-state index is 11.6. The van der Waals surface area contributed by atoms with E-state index in [1.54, 1.807) is 7.05 Å². The number of likely N-dealkylation sites (tertiary alicyclic amines) is 1. The van der Waals surface area contributed by atoms with Gasteiger partial charge < -0.3 is 20.4 Å². The van der Waals surface area contributed by atoms with Crippen LogP contribution in [0.1, 0.15) is 30.4 Å². The van der Waals surface area contributed by atoms with Gasteiger partial charge in [-0.15, -0.1) is 0 Å². The third-order valence-corrected chi connectivity index (χ3v) is 6.35. The first kappa shape index (κ1) is 22.6. The number of carbonyl (C=O) groups is 1. The second-order valence-corrected chi connectivity index (χ2v) is 8.60. The van der Waals surface area contributed by atoms with Crippen LogP contribution in [-0.4, -0.2) is 87.0 Å². The number of likely N-dealkylation sites (N-methyl/N-ethyl adjacent to an activating group) is 1. The first-order valence-corrected chi connectivity index (χ1v) is 11.2. The minimum Gasteiger partial charge on any atom is -0.359 e. The number of nitrogens with zero attached hydrogens (tertiary/aromatic N) is 4. The first-order chi connectivity index (χ1) is 14.6. The van der Waals surface area contributed by atoms with Crippen molar-refractivity contribution in [3.8, 4) is 0 Å². The van der Waals surface area contributed by atoms with Crippen LogP contribution in [0, 0.1) is 5.92 Å². The lowest BCUT2D eigenvalue weighted by Gasteiger charge is -2.34. The van der Waals surface area contributed by atoms with Crippen LogP contribution in [-0.2, 0) is 17.9 Å². The van der Waals surface area contributed by atoms with Gasteiger partial charge in [0, 0.05) is 72.9 Å². The van der Waals surface area contributed by atoms with E-state index in [0.717, 1.165) is 71.2 Å². The number of amides is 1. The minimum atomic E-state index is 0.145. The Hall–Kier alpha value is -2.12. The molecule has 2 N–H and O–H groups in total. The summed E-state index contributed by atoms with van der Waals surface area (Å²) in [5, 5.41) is 6.24. The van der Waals surface area contributed by atoms with Crippen molar-refractivity contribution in [3.05, 3.63) is 35.4 Å². The molecule has 0 radical (unpaired) electrons. The Kier molecular flexibility index (Phi) is 8.51. The highest BCUT2D eigenvalue weighted by Gasteiger charge is 2.23. The van der Waals surface area contributed by atoms with Gasteiger partial charge in [-0.05, 0) is 36.9 Å². The van der Waals surface area contributed by atoms with Gasteiger partial charge in [0.15, 0.2) is 5.96 Å². The Morgan fingerprint density at radius 1 is 1.03 bits per heavy atom. The third kappa shape index (κ3) is 6.71. The number of hydrogen-bond donors (Lipinski definition) is 2. The van der Waals surface area contributed by atoms with Gasteiger partial charge in [0.25, 0.3) is 0 Å². The Morgan fingerprint density at radius 2 is 1.67 bits per heavy atom. The molecule has 0 saturated carbocycles. The van der Waals surface area contributed by atoms with Gasteiger partial charge >= 0.3 is 0 Å². The molecule has 2 heterocycles. The normalized spacial score (nSPS) is 19.7. The van der Waals surface area contributed by atoms with Gasteiger partial charge in [-0.2, -0.15) is 0 Å². The molecule has 1 aromatic rings. The summed E-state index contributed by atoms with van der Waals surface area (Å²) in [6, 6.07) is 8.95. The van der Waals surface area contributed by atoms with Crippen LogP contribution in [0.25, 0.3) is 0 Å². The van der Waals surface area contributed by atoms with Crippen LogP contribution in [0.2, 0.25) is 0 Å². The SMILES string of the molecule is CN=C(NCc1ccc(CN2CCN(C)CC2)cc1)N1CCC(CC(=O)NC)CC1. The van der Waals surface area contributed by atoms with Gasteiger partial charge in [0.05, 0.1) is 0 Å². The van der Waals surface area contributed by atoms with Crippen molar-refractivity contribution in [2.24, 2.45) is 10.9 Å². The zero-order valence-electron chi connectivity index (χ0n) is 18.9. The number of aliphatic imine (C=N–C) groups is 1. The highest BCUT2D eigenvalue weighted by Crippen LogP contribution is 2.20. The minimum absolute atomic E-state index is 0.145. The molecule has 7 nitrogen and oxygen atoms in total. The molecular formula is C23H38N6O. The van der Waals surface area contributed by atoms with Crippen LogP contribution < -0.4 is 10.6 Å². The maximum atomic E-state index is 11.6. The van der Waals surface area contributed by atoms with Crippen molar-refractivity contribution in [2.45, 2.75) is 32.4 Å². The van der Waals surface area contributed by atoms with Crippen LogP contribution in [0.4, 0.5) is 0 Å². The number of guanidine groups is 1. The molecule has 2 saturated heterocycles. The monoisotopic (exact) mass is 414 g/mol. The van der Waals surface area contributed by atoms with Crippen molar-refractivity contribution >= 4 is 11.9 Å². The Balaban J connectivity index is 1.42. The number of nitrogens with one attached hydrogen (secondary N) is 2. The summed E-state index contributed by atoms with van der Waals surface area (Å²) in [5.74, 6) is 1.58. The zero-order chi connectivity index (χ0) is 21.3. The largest absolute Gasteiger partial charge is 0.359 e. The molecule has 0 aromatic heterocycles. The standard InChI is InChI=1S/C23H38N6O/c1-24-22(30)16-19-8-10-29(11-9-19)23(25-2)26-17-20-4-6-21(7-5-20)18-28-14-12-27(3)13-15-28/h4-7,19H,8-18H2,1-3H3,(H,24,30)(H,25,26). The lowest BCUT2D eigenvalue weighted by Crippen LogP contribution is -2.45. The molecule has 2 fully saturated rings. The number of rotatable bonds is 6. The van der Waals surface area contributed by atoms with Gasteiger partial charge in [-0.3, -0.25) is 14.7 Å². The molecular weight excluding hydrogens is 376 g/mol. The van der Waals surface area contributed by atoms with E-state index in [1.807, 2.05) is 7.05 Å². The van der Waals surface area contributed by atoms with Gasteiger partial charge in [-0.25, -0.2) is 0 Å². The highest BCUT2D eigenvalue weighted by atomic mass is 16.1. The van der Waals surface area contributed by atoms with Crippen molar-refractivity contribution < 1.29 is 4.79 Å². The molecule has 0 bridgehead atoms. The van der Waals surface area contributed by atoms with Crippen LogP contribution in [0.5, 0.6) is 0 Å². The molecule has 0 spiro atoms. The summed E-state index contributed by atoms with van der Waals surface area (Å²) >= 11 is 0. The number of piperidine rings is 1. The fraction of sp³-hybridized carbons (Fsp3) is 0.652. The second-order valence-electron chi connectivity index (χ2n) is 8.60. The molecule has 2 aliphatic heterocycles. The fourth-order valence-electron chi connectivity index (χ4n) is 4.25. The van der Waals surface area contributed by atoms with E-state index in [2.05, 4.69) is 61.6 Å². The molecule has 1 aromatic carbocycles. The second kappa shape index (κ2) is 11.3. The topological polar surface area (TPSA) is 63.2 Å². The summed E-state index contributed by atoms with van der Waals surface area (Å²) in [4.78, 5) is 23.3. The van der Waals surface area contributed by atoms with Crippen molar-refractivity contribution in [1.29, 1.82) is 0 Å². The maximum Gasteiger partial charge on any atom is 0.220 e. The molecule has 0 unspecified atom stereocenters. The van der Waals surface area contributed by atoms with Crippen molar-refractivity contribution in [2.75, 3.05) is 60.4 Å². The lowest BCUT2D eigenvalue weighted by atomic mass is 9.93. The number of piperazine rings is 1. The zero-order valence-corrected chi connectivity index (χ0v) is 18.9. The average molecular weight is 415 g/mol. The predicted octanol–water partition coefficient (Wildman–Crippen LogP) is 1.36. The summed E-state index contributed by atoms with van der Waals surface area (Å²) in [6.45, 7) is 8.32. The molecule has 7 heteroatoms. The molecule has 2 aliphatic rings. The predicted molar refractivity (Wildman–Crippen MR) is 122 cm³/mol. The Bertz CT molecular complexity index is 688. The highest BCUT2D eigenvalue weighted by molar-refractivity contribution is 5.80. The summed E-state index contributed by atoms with van der Waals surface area (Å²) < 4.78 is 0.